The Bertz CT molecular complexity index is 1070. The third kappa shape index (κ3) is 4.51. The minimum absolute atomic E-state index is 0.0643. The van der Waals surface area contributed by atoms with Crippen molar-refractivity contribution < 1.29 is 17.6 Å². The average Bonchev–Trinajstić information content (AvgIpc) is 3.18. The van der Waals surface area contributed by atoms with Crippen LogP contribution in [-0.2, 0) is 27.7 Å². The zero-order chi connectivity index (χ0) is 21.3. The van der Waals surface area contributed by atoms with Crippen molar-refractivity contribution in [2.45, 2.75) is 24.2 Å². The number of aryl methyl sites for hydroxylation is 2. The highest BCUT2D eigenvalue weighted by atomic mass is 35.5. The van der Waals surface area contributed by atoms with Gasteiger partial charge in [-0.15, -0.1) is 0 Å². The quantitative estimate of drug-likeness (QED) is 0.758. The molecule has 160 valence electrons. The van der Waals surface area contributed by atoms with Crippen LogP contribution in [0.3, 0.4) is 0 Å². The first-order valence-electron chi connectivity index (χ1n) is 9.92. The topological polar surface area (TPSA) is 69.7 Å². The van der Waals surface area contributed by atoms with Crippen molar-refractivity contribution in [3.05, 3.63) is 58.4 Å². The molecule has 1 heterocycles. The molecule has 1 fully saturated rings. The maximum atomic E-state index is 13.8. The molecular weight excluding hydrogens is 429 g/mol. The molecule has 1 aliphatic carbocycles. The number of piperazine rings is 1. The monoisotopic (exact) mass is 451 g/mol. The molecule has 0 atom stereocenters. The molecule has 1 N–H and O–H groups in total. The second-order valence-corrected chi connectivity index (χ2v) is 10.0. The number of amides is 1. The first-order valence-corrected chi connectivity index (χ1v) is 11.7. The number of anilines is 1. The van der Waals surface area contributed by atoms with Crippen molar-refractivity contribution in [1.29, 1.82) is 0 Å². The van der Waals surface area contributed by atoms with Crippen LogP contribution in [0.5, 0.6) is 0 Å². The summed E-state index contributed by atoms with van der Waals surface area (Å²) in [6.45, 7) is 1.54. The largest absolute Gasteiger partial charge is 0.322 e. The standard InChI is InChI=1S/C21H23ClFN3O3S/c22-17-5-7-20(19(23)13-17)24-21(27)14-25-8-10-26(11-9-25)30(28,29)18-6-4-15-2-1-3-16(15)12-18/h4-7,12-13H,1-3,8-11,14H2,(H,24,27). The Morgan fingerprint density at radius 3 is 2.50 bits per heavy atom. The lowest BCUT2D eigenvalue weighted by atomic mass is 10.1. The Hall–Kier alpha value is -2.00. The molecule has 30 heavy (non-hydrogen) atoms. The van der Waals surface area contributed by atoms with Crippen molar-refractivity contribution >= 4 is 33.2 Å². The van der Waals surface area contributed by atoms with Crippen molar-refractivity contribution in [2.24, 2.45) is 0 Å². The van der Waals surface area contributed by atoms with Gasteiger partial charge >= 0.3 is 0 Å². The van der Waals surface area contributed by atoms with E-state index in [4.69, 9.17) is 11.6 Å². The molecule has 0 bridgehead atoms. The molecule has 2 aromatic carbocycles. The van der Waals surface area contributed by atoms with Gasteiger partial charge in [0, 0.05) is 31.2 Å². The fourth-order valence-electron chi connectivity index (χ4n) is 3.97. The molecule has 2 aromatic rings. The van der Waals surface area contributed by atoms with Gasteiger partial charge in [-0.1, -0.05) is 17.7 Å². The summed E-state index contributed by atoms with van der Waals surface area (Å²) in [5.74, 6) is -0.952. The zero-order valence-electron chi connectivity index (χ0n) is 16.4. The fourth-order valence-corrected chi connectivity index (χ4v) is 5.60. The lowest BCUT2D eigenvalue weighted by molar-refractivity contribution is -0.117. The molecule has 1 saturated heterocycles. The summed E-state index contributed by atoms with van der Waals surface area (Å²) in [6, 6.07) is 9.48. The second kappa shape index (κ2) is 8.63. The van der Waals surface area contributed by atoms with Crippen LogP contribution in [0, 0.1) is 5.82 Å². The van der Waals surface area contributed by atoms with E-state index in [0.717, 1.165) is 30.9 Å². The van der Waals surface area contributed by atoms with Gasteiger partial charge in [0.1, 0.15) is 5.82 Å². The number of carbonyl (C=O) groups is 1. The molecule has 9 heteroatoms. The average molecular weight is 452 g/mol. The molecule has 6 nitrogen and oxygen atoms in total. The van der Waals surface area contributed by atoms with Crippen LogP contribution in [-0.4, -0.2) is 56.3 Å². The summed E-state index contributed by atoms with van der Waals surface area (Å²) in [4.78, 5) is 14.4. The van der Waals surface area contributed by atoms with Crippen LogP contribution in [0.2, 0.25) is 5.02 Å². The lowest BCUT2D eigenvalue weighted by Gasteiger charge is -2.33. The predicted molar refractivity (Wildman–Crippen MR) is 114 cm³/mol. The van der Waals surface area contributed by atoms with Crippen LogP contribution < -0.4 is 5.32 Å². The van der Waals surface area contributed by atoms with Crippen molar-refractivity contribution in [3.63, 3.8) is 0 Å². The maximum absolute atomic E-state index is 13.8. The molecule has 1 amide bonds. The third-order valence-corrected chi connectivity index (χ3v) is 7.74. The highest BCUT2D eigenvalue weighted by molar-refractivity contribution is 7.89. The molecule has 1 aliphatic heterocycles. The van der Waals surface area contributed by atoms with Gasteiger partial charge < -0.3 is 5.32 Å². The summed E-state index contributed by atoms with van der Waals surface area (Å²) >= 11 is 5.72. The Labute approximate surface area is 180 Å². The van der Waals surface area contributed by atoms with E-state index in [1.165, 1.54) is 22.0 Å². The van der Waals surface area contributed by atoms with Gasteiger partial charge in [-0.3, -0.25) is 9.69 Å². The predicted octanol–water partition coefficient (Wildman–Crippen LogP) is 2.91. The van der Waals surface area contributed by atoms with Crippen molar-refractivity contribution in [1.82, 2.24) is 9.21 Å². The molecule has 0 aromatic heterocycles. The Morgan fingerprint density at radius 2 is 1.77 bits per heavy atom. The third-order valence-electron chi connectivity index (χ3n) is 5.61. The van der Waals surface area contributed by atoms with E-state index in [2.05, 4.69) is 5.32 Å². The summed E-state index contributed by atoms with van der Waals surface area (Å²) in [5.41, 5.74) is 2.44. The molecule has 0 spiro atoms. The number of nitrogens with one attached hydrogen (secondary N) is 1. The molecule has 2 aliphatic rings. The van der Waals surface area contributed by atoms with Gasteiger partial charge in [-0.05, 0) is 60.7 Å². The van der Waals surface area contributed by atoms with E-state index < -0.39 is 15.8 Å². The second-order valence-electron chi connectivity index (χ2n) is 7.64. The first-order chi connectivity index (χ1) is 14.3. The molecule has 4 rings (SSSR count). The minimum atomic E-state index is -3.55. The summed E-state index contributed by atoms with van der Waals surface area (Å²) in [6.07, 6.45) is 3.01. The summed E-state index contributed by atoms with van der Waals surface area (Å²) in [7, 11) is -3.55. The number of sulfonamides is 1. The van der Waals surface area contributed by atoms with E-state index in [0.29, 0.717) is 31.1 Å². The van der Waals surface area contributed by atoms with Gasteiger partial charge in [0.15, 0.2) is 0 Å². The van der Waals surface area contributed by atoms with E-state index >= 15 is 0 Å². The summed E-state index contributed by atoms with van der Waals surface area (Å²) < 4.78 is 41.3. The minimum Gasteiger partial charge on any atom is -0.322 e. The SMILES string of the molecule is O=C(CN1CCN(S(=O)(=O)c2ccc3c(c2)CCC3)CC1)Nc1ccc(Cl)cc1F. The van der Waals surface area contributed by atoms with Gasteiger partial charge in [0.25, 0.3) is 0 Å². The lowest BCUT2D eigenvalue weighted by Crippen LogP contribution is -2.50. The van der Waals surface area contributed by atoms with E-state index in [1.807, 2.05) is 11.0 Å². The zero-order valence-corrected chi connectivity index (χ0v) is 18.0. The van der Waals surface area contributed by atoms with Crippen LogP contribution in [0.25, 0.3) is 0 Å². The van der Waals surface area contributed by atoms with Gasteiger partial charge in [0.2, 0.25) is 15.9 Å². The van der Waals surface area contributed by atoms with Gasteiger partial charge in [-0.2, -0.15) is 4.31 Å². The van der Waals surface area contributed by atoms with Crippen molar-refractivity contribution in [2.75, 3.05) is 38.0 Å². The number of halogens is 2. The maximum Gasteiger partial charge on any atom is 0.243 e. The van der Waals surface area contributed by atoms with E-state index in [-0.39, 0.29) is 23.2 Å². The number of hydrogen-bond acceptors (Lipinski definition) is 4. The number of benzene rings is 2. The number of fused-ring (bicyclic) bond motifs is 1. The van der Waals surface area contributed by atoms with Crippen LogP contribution in [0.4, 0.5) is 10.1 Å². The number of nitrogens with zero attached hydrogens (tertiary/aromatic N) is 2. The van der Waals surface area contributed by atoms with E-state index in [1.54, 1.807) is 12.1 Å². The number of carbonyl (C=O) groups excluding carboxylic acids is 1. The fraction of sp³-hybridized carbons (Fsp3) is 0.381. The molecule has 0 unspecified atom stereocenters. The van der Waals surface area contributed by atoms with Gasteiger partial charge in [-0.25, -0.2) is 12.8 Å². The smallest absolute Gasteiger partial charge is 0.243 e. The first kappa shape index (κ1) is 21.2. The molecular formula is C21H23ClFN3O3S. The Kier molecular flexibility index (Phi) is 6.11. The van der Waals surface area contributed by atoms with E-state index in [9.17, 15) is 17.6 Å². The number of rotatable bonds is 5. The normalized spacial score (nSPS) is 17.7. The van der Waals surface area contributed by atoms with Gasteiger partial charge in [0.05, 0.1) is 17.1 Å². The Morgan fingerprint density at radius 1 is 1.03 bits per heavy atom. The van der Waals surface area contributed by atoms with Crippen LogP contribution in [0.1, 0.15) is 17.5 Å². The van der Waals surface area contributed by atoms with Crippen molar-refractivity contribution in [3.8, 4) is 0 Å². The highest BCUT2D eigenvalue weighted by Crippen LogP contribution is 2.27. The van der Waals surface area contributed by atoms with Crippen LogP contribution >= 0.6 is 11.6 Å². The van der Waals surface area contributed by atoms with Crippen LogP contribution in [0.15, 0.2) is 41.3 Å². The summed E-state index contributed by atoms with van der Waals surface area (Å²) in [5, 5.41) is 2.79. The number of hydrogen-bond donors (Lipinski definition) is 1. The Balaban J connectivity index is 1.33. The molecule has 0 saturated carbocycles. The molecule has 0 radical (unpaired) electrons. The highest BCUT2D eigenvalue weighted by Gasteiger charge is 2.30.